The Morgan fingerprint density at radius 2 is 1.43 bits per heavy atom. The van der Waals surface area contributed by atoms with E-state index in [9.17, 15) is 0 Å². The van der Waals surface area contributed by atoms with E-state index in [4.69, 9.17) is 0 Å². The molecule has 0 radical (unpaired) electrons. The molecule has 0 fully saturated rings. The molecule has 74 valence electrons. The van der Waals surface area contributed by atoms with Crippen molar-refractivity contribution >= 4 is 0 Å². The van der Waals surface area contributed by atoms with Crippen molar-refractivity contribution in [3.63, 3.8) is 0 Å². The second-order valence-corrected chi connectivity index (χ2v) is 3.56. The van der Waals surface area contributed by atoms with Crippen LogP contribution < -0.4 is 0 Å². The summed E-state index contributed by atoms with van der Waals surface area (Å²) in [6.07, 6.45) is 13.5. The summed E-state index contributed by atoms with van der Waals surface area (Å²) in [7, 11) is 0. The molecule has 0 amide bonds. The fourth-order valence-electron chi connectivity index (χ4n) is 1.82. The Balaban J connectivity index is 2.74. The standard InChI is InChI=1S/C14H18/c1-4-7-12-10-13(8-5-2)14(11-12)9-6-3/h4-6,10-12H,1-3,7-9H2. The van der Waals surface area contributed by atoms with Crippen LogP contribution in [0.4, 0.5) is 0 Å². The van der Waals surface area contributed by atoms with Crippen molar-refractivity contribution in [1.29, 1.82) is 0 Å². The smallest absolute Gasteiger partial charge is 0.000700 e. The summed E-state index contributed by atoms with van der Waals surface area (Å²) in [6, 6.07) is 0. The Labute approximate surface area is 87.0 Å². The second kappa shape index (κ2) is 5.43. The zero-order valence-electron chi connectivity index (χ0n) is 8.71. The van der Waals surface area contributed by atoms with E-state index >= 15 is 0 Å². The lowest BCUT2D eigenvalue weighted by molar-refractivity contribution is 0.841. The van der Waals surface area contributed by atoms with Gasteiger partial charge in [0.15, 0.2) is 0 Å². The summed E-state index contributed by atoms with van der Waals surface area (Å²) >= 11 is 0. The van der Waals surface area contributed by atoms with Crippen LogP contribution >= 0.6 is 0 Å². The van der Waals surface area contributed by atoms with E-state index in [2.05, 4.69) is 31.9 Å². The zero-order chi connectivity index (χ0) is 10.4. The van der Waals surface area contributed by atoms with Crippen LogP contribution in [0.25, 0.3) is 0 Å². The van der Waals surface area contributed by atoms with Gasteiger partial charge in [-0.2, -0.15) is 0 Å². The van der Waals surface area contributed by atoms with Crippen LogP contribution in [0.2, 0.25) is 0 Å². The van der Waals surface area contributed by atoms with Crippen LogP contribution in [0.15, 0.2) is 61.3 Å². The van der Waals surface area contributed by atoms with Crippen molar-refractivity contribution in [1.82, 2.24) is 0 Å². The Hall–Kier alpha value is -1.30. The maximum atomic E-state index is 3.78. The Morgan fingerprint density at radius 3 is 1.79 bits per heavy atom. The average molecular weight is 186 g/mol. The first-order valence-corrected chi connectivity index (χ1v) is 5.06. The molecule has 0 saturated heterocycles. The first kappa shape index (κ1) is 10.8. The molecule has 1 rings (SSSR count). The van der Waals surface area contributed by atoms with Crippen LogP contribution in [-0.2, 0) is 0 Å². The SMILES string of the molecule is C=CCC1=CC(CC=C)C=C1CC=C. The fraction of sp³-hybridized carbons (Fsp3) is 0.286. The lowest BCUT2D eigenvalue weighted by Gasteiger charge is -2.01. The molecule has 14 heavy (non-hydrogen) atoms. The topological polar surface area (TPSA) is 0 Å². The third kappa shape index (κ3) is 2.59. The molecular weight excluding hydrogens is 168 g/mol. The third-order valence-electron chi connectivity index (χ3n) is 2.41. The van der Waals surface area contributed by atoms with E-state index in [0.29, 0.717) is 5.92 Å². The number of hydrogen-bond donors (Lipinski definition) is 0. The van der Waals surface area contributed by atoms with Crippen molar-refractivity contribution in [2.45, 2.75) is 19.3 Å². The maximum Gasteiger partial charge on any atom is -0.000700 e. The van der Waals surface area contributed by atoms with E-state index in [0.717, 1.165) is 19.3 Å². The minimum Gasteiger partial charge on any atom is -0.103 e. The molecule has 0 heteroatoms. The van der Waals surface area contributed by atoms with Gasteiger partial charge in [-0.3, -0.25) is 0 Å². The van der Waals surface area contributed by atoms with E-state index in [1.807, 2.05) is 18.2 Å². The Bertz CT molecular complexity index is 263. The summed E-state index contributed by atoms with van der Waals surface area (Å²) in [5.74, 6) is 0.539. The lowest BCUT2D eigenvalue weighted by Crippen LogP contribution is -1.84. The van der Waals surface area contributed by atoms with Gasteiger partial charge in [0.1, 0.15) is 0 Å². The van der Waals surface area contributed by atoms with Crippen LogP contribution in [0.3, 0.4) is 0 Å². The fourth-order valence-corrected chi connectivity index (χ4v) is 1.82. The van der Waals surface area contributed by atoms with Crippen molar-refractivity contribution in [2.24, 2.45) is 5.92 Å². The molecule has 0 atom stereocenters. The predicted molar refractivity (Wildman–Crippen MR) is 64.1 cm³/mol. The third-order valence-corrected chi connectivity index (χ3v) is 2.41. The predicted octanol–water partition coefficient (Wildman–Crippen LogP) is 4.20. The highest BCUT2D eigenvalue weighted by molar-refractivity contribution is 5.41. The van der Waals surface area contributed by atoms with E-state index in [-0.39, 0.29) is 0 Å². The molecule has 0 bridgehead atoms. The molecule has 0 heterocycles. The Kier molecular flexibility index (Phi) is 4.18. The molecule has 0 aromatic carbocycles. The highest BCUT2D eigenvalue weighted by Crippen LogP contribution is 2.30. The van der Waals surface area contributed by atoms with E-state index < -0.39 is 0 Å². The van der Waals surface area contributed by atoms with Crippen molar-refractivity contribution in [3.8, 4) is 0 Å². The van der Waals surface area contributed by atoms with Crippen molar-refractivity contribution < 1.29 is 0 Å². The van der Waals surface area contributed by atoms with Crippen LogP contribution in [0, 0.1) is 5.92 Å². The van der Waals surface area contributed by atoms with Crippen LogP contribution in [0.1, 0.15) is 19.3 Å². The van der Waals surface area contributed by atoms with Gasteiger partial charge in [0.05, 0.1) is 0 Å². The first-order chi connectivity index (χ1) is 6.81. The minimum absolute atomic E-state index is 0.539. The van der Waals surface area contributed by atoms with Gasteiger partial charge in [0.25, 0.3) is 0 Å². The molecule has 0 saturated carbocycles. The quantitative estimate of drug-likeness (QED) is 0.545. The van der Waals surface area contributed by atoms with E-state index in [1.165, 1.54) is 11.1 Å². The summed E-state index contributed by atoms with van der Waals surface area (Å²) in [4.78, 5) is 0. The zero-order valence-corrected chi connectivity index (χ0v) is 8.71. The minimum atomic E-state index is 0.539. The molecule has 0 aromatic heterocycles. The van der Waals surface area contributed by atoms with Gasteiger partial charge in [-0.05, 0) is 36.3 Å². The largest absolute Gasteiger partial charge is 0.103 e. The van der Waals surface area contributed by atoms with Gasteiger partial charge in [-0.25, -0.2) is 0 Å². The number of allylic oxidation sites excluding steroid dienone is 7. The average Bonchev–Trinajstić information content (AvgIpc) is 2.50. The molecule has 0 nitrogen and oxygen atoms in total. The monoisotopic (exact) mass is 186 g/mol. The van der Waals surface area contributed by atoms with Gasteiger partial charge in [-0.15, -0.1) is 19.7 Å². The van der Waals surface area contributed by atoms with Crippen LogP contribution in [0.5, 0.6) is 0 Å². The van der Waals surface area contributed by atoms with Gasteiger partial charge in [0, 0.05) is 0 Å². The summed E-state index contributed by atoms with van der Waals surface area (Å²) < 4.78 is 0. The van der Waals surface area contributed by atoms with Gasteiger partial charge in [0.2, 0.25) is 0 Å². The van der Waals surface area contributed by atoms with Gasteiger partial charge in [-0.1, -0.05) is 30.4 Å². The highest BCUT2D eigenvalue weighted by Gasteiger charge is 2.14. The second-order valence-electron chi connectivity index (χ2n) is 3.56. The number of rotatable bonds is 6. The molecular formula is C14H18. The first-order valence-electron chi connectivity index (χ1n) is 5.06. The molecule has 0 aromatic rings. The summed E-state index contributed by atoms with van der Waals surface area (Å²) in [5, 5.41) is 0. The van der Waals surface area contributed by atoms with Crippen LogP contribution in [-0.4, -0.2) is 0 Å². The summed E-state index contributed by atoms with van der Waals surface area (Å²) in [5.41, 5.74) is 2.82. The normalized spacial score (nSPS) is 16.0. The van der Waals surface area contributed by atoms with E-state index in [1.54, 1.807) is 0 Å². The molecule has 0 aliphatic heterocycles. The molecule has 1 aliphatic carbocycles. The maximum absolute atomic E-state index is 3.78. The molecule has 0 N–H and O–H groups in total. The molecule has 0 unspecified atom stereocenters. The van der Waals surface area contributed by atoms with Crippen molar-refractivity contribution in [2.75, 3.05) is 0 Å². The van der Waals surface area contributed by atoms with Gasteiger partial charge < -0.3 is 0 Å². The lowest BCUT2D eigenvalue weighted by atomic mass is 10.0. The van der Waals surface area contributed by atoms with Gasteiger partial charge >= 0.3 is 0 Å². The Morgan fingerprint density at radius 1 is 0.929 bits per heavy atom. The summed E-state index contributed by atoms with van der Waals surface area (Å²) in [6.45, 7) is 11.3. The highest BCUT2D eigenvalue weighted by atomic mass is 14.2. The van der Waals surface area contributed by atoms with Crippen molar-refractivity contribution in [3.05, 3.63) is 61.3 Å². The number of hydrogen-bond acceptors (Lipinski definition) is 0. The molecule has 1 aliphatic rings. The molecule has 0 spiro atoms.